The number of nitrogens with zero attached hydrogens (tertiary/aromatic N) is 1. The van der Waals surface area contributed by atoms with Gasteiger partial charge in [-0.25, -0.2) is 4.79 Å². The number of aromatic nitrogens is 1. The van der Waals surface area contributed by atoms with Crippen LogP contribution in [0.4, 0.5) is 0 Å². The zero-order valence-corrected chi connectivity index (χ0v) is 10.9. The maximum absolute atomic E-state index is 10.7. The van der Waals surface area contributed by atoms with Crippen molar-refractivity contribution in [3.05, 3.63) is 35.0 Å². The van der Waals surface area contributed by atoms with E-state index in [1.807, 2.05) is 0 Å². The maximum Gasteiger partial charge on any atom is 0.341 e. The predicted octanol–water partition coefficient (Wildman–Crippen LogP) is 1.98. The van der Waals surface area contributed by atoms with Gasteiger partial charge in [0.1, 0.15) is 5.75 Å². The Hall–Kier alpha value is -2.34. The zero-order chi connectivity index (χ0) is 14.7. The van der Waals surface area contributed by atoms with Gasteiger partial charge in [0.05, 0.1) is 17.6 Å². The van der Waals surface area contributed by atoms with E-state index in [0.29, 0.717) is 15.9 Å². The minimum Gasteiger partial charge on any atom is -0.481 e. The SMILES string of the molecule is O=C(O)COc1cc(CC(=O)O)nc2ccc(Cl)cc12. The minimum absolute atomic E-state index is 0.246. The van der Waals surface area contributed by atoms with Crippen molar-refractivity contribution in [3.8, 4) is 5.75 Å². The predicted molar refractivity (Wildman–Crippen MR) is 71.2 cm³/mol. The number of hydrogen-bond acceptors (Lipinski definition) is 4. The summed E-state index contributed by atoms with van der Waals surface area (Å²) in [5.74, 6) is -1.91. The lowest BCUT2D eigenvalue weighted by molar-refractivity contribution is -0.139. The lowest BCUT2D eigenvalue weighted by Gasteiger charge is -2.09. The van der Waals surface area contributed by atoms with Crippen molar-refractivity contribution in [2.45, 2.75) is 6.42 Å². The molecule has 20 heavy (non-hydrogen) atoms. The van der Waals surface area contributed by atoms with Crippen LogP contribution in [0, 0.1) is 0 Å². The molecule has 0 saturated carbocycles. The molecule has 0 spiro atoms. The maximum atomic E-state index is 10.7. The number of pyridine rings is 1. The van der Waals surface area contributed by atoms with Crippen molar-refractivity contribution in [2.24, 2.45) is 0 Å². The normalized spacial score (nSPS) is 10.4. The van der Waals surface area contributed by atoms with Crippen LogP contribution in [0.25, 0.3) is 10.9 Å². The summed E-state index contributed by atoms with van der Waals surface area (Å²) in [5, 5.41) is 18.4. The third-order valence-electron chi connectivity index (χ3n) is 2.47. The molecule has 0 atom stereocenters. The highest BCUT2D eigenvalue weighted by Crippen LogP contribution is 2.28. The molecule has 2 rings (SSSR count). The first-order chi connectivity index (χ1) is 9.45. The third-order valence-corrected chi connectivity index (χ3v) is 2.70. The largest absolute Gasteiger partial charge is 0.481 e. The Kier molecular flexibility index (Phi) is 4.05. The molecule has 7 heteroatoms. The van der Waals surface area contributed by atoms with E-state index in [4.69, 9.17) is 26.6 Å². The van der Waals surface area contributed by atoms with E-state index in [0.717, 1.165) is 0 Å². The lowest BCUT2D eigenvalue weighted by Crippen LogP contribution is -2.10. The van der Waals surface area contributed by atoms with Gasteiger partial charge in [-0.15, -0.1) is 0 Å². The van der Waals surface area contributed by atoms with Crippen LogP contribution in [-0.4, -0.2) is 33.7 Å². The van der Waals surface area contributed by atoms with Crippen LogP contribution in [-0.2, 0) is 16.0 Å². The summed E-state index contributed by atoms with van der Waals surface area (Å²) in [6, 6.07) is 6.24. The summed E-state index contributed by atoms with van der Waals surface area (Å²) in [5.41, 5.74) is 0.779. The number of aliphatic carboxylic acids is 2. The van der Waals surface area contributed by atoms with Crippen molar-refractivity contribution in [1.82, 2.24) is 4.98 Å². The van der Waals surface area contributed by atoms with Gasteiger partial charge in [0, 0.05) is 16.5 Å². The van der Waals surface area contributed by atoms with Gasteiger partial charge in [-0.05, 0) is 18.2 Å². The molecular weight excluding hydrogens is 286 g/mol. The van der Waals surface area contributed by atoms with E-state index in [9.17, 15) is 9.59 Å². The number of hydrogen-bond donors (Lipinski definition) is 2. The molecular formula is C13H10ClNO5. The topological polar surface area (TPSA) is 96.7 Å². The molecule has 6 nitrogen and oxygen atoms in total. The van der Waals surface area contributed by atoms with Crippen LogP contribution in [0.15, 0.2) is 24.3 Å². The smallest absolute Gasteiger partial charge is 0.341 e. The summed E-state index contributed by atoms with van der Waals surface area (Å²) in [7, 11) is 0. The van der Waals surface area contributed by atoms with Gasteiger partial charge in [0.25, 0.3) is 0 Å². The minimum atomic E-state index is -1.13. The lowest BCUT2D eigenvalue weighted by atomic mass is 10.1. The van der Waals surface area contributed by atoms with Gasteiger partial charge in [0.2, 0.25) is 0 Å². The van der Waals surface area contributed by atoms with Crippen LogP contribution in [0.5, 0.6) is 5.75 Å². The number of ether oxygens (including phenoxy) is 1. The highest BCUT2D eigenvalue weighted by atomic mass is 35.5. The standard InChI is InChI=1S/C13H10ClNO5/c14-7-1-2-10-9(3-7)11(20-6-13(18)19)4-8(15-10)5-12(16)17/h1-4H,5-6H2,(H,16,17)(H,18,19). The number of carbonyl (C=O) groups is 2. The Morgan fingerprint density at radius 3 is 2.60 bits per heavy atom. The molecule has 1 aromatic carbocycles. The fourth-order valence-corrected chi connectivity index (χ4v) is 1.90. The first-order valence-electron chi connectivity index (χ1n) is 5.61. The highest BCUT2D eigenvalue weighted by molar-refractivity contribution is 6.31. The van der Waals surface area contributed by atoms with Crippen LogP contribution < -0.4 is 4.74 Å². The second-order valence-corrected chi connectivity index (χ2v) is 4.46. The number of fused-ring (bicyclic) bond motifs is 1. The number of carboxylic acid groups (broad SMARTS) is 2. The molecule has 0 radical (unpaired) electrons. The van der Waals surface area contributed by atoms with Crippen molar-refractivity contribution < 1.29 is 24.5 Å². The fraction of sp³-hybridized carbons (Fsp3) is 0.154. The Balaban J connectivity index is 2.50. The summed E-state index contributed by atoms with van der Waals surface area (Å²) in [4.78, 5) is 25.5. The van der Waals surface area contributed by atoms with Crippen molar-refractivity contribution in [3.63, 3.8) is 0 Å². The van der Waals surface area contributed by atoms with Crippen LogP contribution in [0.1, 0.15) is 5.69 Å². The van der Waals surface area contributed by atoms with Gasteiger partial charge in [0.15, 0.2) is 6.61 Å². The number of carboxylic acids is 2. The summed E-state index contributed by atoms with van der Waals surface area (Å²) in [6.07, 6.45) is -0.276. The molecule has 0 unspecified atom stereocenters. The van der Waals surface area contributed by atoms with Crippen molar-refractivity contribution >= 4 is 34.4 Å². The van der Waals surface area contributed by atoms with Gasteiger partial charge in [-0.3, -0.25) is 9.78 Å². The molecule has 0 aliphatic heterocycles. The van der Waals surface area contributed by atoms with Gasteiger partial charge in [-0.1, -0.05) is 11.6 Å². The van der Waals surface area contributed by atoms with Gasteiger partial charge in [-0.2, -0.15) is 0 Å². The zero-order valence-electron chi connectivity index (χ0n) is 10.2. The van der Waals surface area contributed by atoms with Crippen LogP contribution in [0.2, 0.25) is 5.02 Å². The summed E-state index contributed by atoms with van der Waals surface area (Å²) in [6.45, 7) is -0.530. The quantitative estimate of drug-likeness (QED) is 0.875. The molecule has 1 aromatic heterocycles. The van der Waals surface area contributed by atoms with E-state index >= 15 is 0 Å². The van der Waals surface area contributed by atoms with E-state index in [-0.39, 0.29) is 17.9 Å². The van der Waals surface area contributed by atoms with Gasteiger partial charge >= 0.3 is 11.9 Å². The monoisotopic (exact) mass is 295 g/mol. The molecule has 0 amide bonds. The summed E-state index contributed by atoms with van der Waals surface area (Å²) < 4.78 is 5.17. The van der Waals surface area contributed by atoms with Gasteiger partial charge < -0.3 is 14.9 Å². The Morgan fingerprint density at radius 2 is 1.95 bits per heavy atom. The van der Waals surface area contributed by atoms with Crippen LogP contribution >= 0.6 is 11.6 Å². The van der Waals surface area contributed by atoms with E-state index in [2.05, 4.69) is 4.98 Å². The average Bonchev–Trinajstić information content (AvgIpc) is 2.35. The molecule has 0 fully saturated rings. The van der Waals surface area contributed by atoms with E-state index < -0.39 is 18.5 Å². The number of rotatable bonds is 5. The molecule has 0 aliphatic carbocycles. The third kappa shape index (κ3) is 3.36. The number of halogens is 1. The molecule has 104 valence electrons. The molecule has 1 heterocycles. The Bertz CT molecular complexity index is 686. The second kappa shape index (κ2) is 5.75. The number of benzene rings is 1. The molecule has 2 aromatic rings. The van der Waals surface area contributed by atoms with E-state index in [1.54, 1.807) is 18.2 Å². The molecule has 0 saturated heterocycles. The Morgan fingerprint density at radius 1 is 1.20 bits per heavy atom. The molecule has 2 N–H and O–H groups in total. The summed E-state index contributed by atoms with van der Waals surface area (Å²) >= 11 is 5.88. The second-order valence-electron chi connectivity index (χ2n) is 4.03. The first-order valence-corrected chi connectivity index (χ1v) is 5.99. The van der Waals surface area contributed by atoms with Crippen molar-refractivity contribution in [2.75, 3.05) is 6.61 Å². The van der Waals surface area contributed by atoms with E-state index in [1.165, 1.54) is 6.07 Å². The highest BCUT2D eigenvalue weighted by Gasteiger charge is 2.11. The molecule has 0 aliphatic rings. The Labute approximate surface area is 118 Å². The average molecular weight is 296 g/mol. The van der Waals surface area contributed by atoms with Crippen molar-refractivity contribution in [1.29, 1.82) is 0 Å². The fourth-order valence-electron chi connectivity index (χ4n) is 1.72. The molecule has 0 bridgehead atoms. The first kappa shape index (κ1) is 14.1. The van der Waals surface area contributed by atoms with Crippen LogP contribution in [0.3, 0.4) is 0 Å².